The third-order valence-electron chi connectivity index (χ3n) is 9.28. The van der Waals surface area contributed by atoms with E-state index in [0.717, 1.165) is 55.3 Å². The van der Waals surface area contributed by atoms with E-state index in [1.807, 2.05) is 30.4 Å². The van der Waals surface area contributed by atoms with Gasteiger partial charge in [-0.05, 0) is 60.9 Å². The monoisotopic (exact) mass is 567 g/mol. The van der Waals surface area contributed by atoms with Crippen molar-refractivity contribution in [3.63, 3.8) is 0 Å². The molecule has 2 unspecified atom stereocenters. The van der Waals surface area contributed by atoms with Crippen LogP contribution < -0.4 is 10.6 Å². The number of benzene rings is 1. The lowest BCUT2D eigenvalue weighted by Crippen LogP contribution is -2.35. The van der Waals surface area contributed by atoms with Crippen LogP contribution in [-0.2, 0) is 9.53 Å². The molecule has 8 nitrogen and oxygen atoms in total. The molecule has 42 heavy (non-hydrogen) atoms. The lowest BCUT2D eigenvalue weighted by atomic mass is 9.67. The smallest absolute Gasteiger partial charge is 0.269 e. The Bertz CT molecular complexity index is 1580. The number of aromatic nitrogens is 3. The zero-order valence-electron chi connectivity index (χ0n) is 23.4. The Balaban J connectivity index is 1.21. The Hall–Kier alpha value is -4.11. The van der Waals surface area contributed by atoms with Gasteiger partial charge in [0.05, 0.1) is 12.3 Å². The lowest BCUT2D eigenvalue weighted by molar-refractivity contribution is -0.118. The van der Waals surface area contributed by atoms with Crippen LogP contribution in [-0.4, -0.2) is 46.6 Å². The third-order valence-corrected chi connectivity index (χ3v) is 9.28. The molecule has 2 fully saturated rings. The largest absolute Gasteiger partial charge is 0.381 e. The summed E-state index contributed by atoms with van der Waals surface area (Å²) in [6.45, 7) is 1.89. The van der Waals surface area contributed by atoms with Crippen LogP contribution >= 0.6 is 0 Å². The predicted octanol–water partition coefficient (Wildman–Crippen LogP) is 5.78. The van der Waals surface area contributed by atoms with Crippen LogP contribution in [0.2, 0.25) is 0 Å². The van der Waals surface area contributed by atoms with E-state index in [0.29, 0.717) is 60.4 Å². The van der Waals surface area contributed by atoms with E-state index in [1.165, 1.54) is 12.1 Å². The van der Waals surface area contributed by atoms with E-state index in [2.05, 4.69) is 25.8 Å². The van der Waals surface area contributed by atoms with E-state index in [1.54, 1.807) is 12.3 Å². The minimum absolute atomic E-state index is 0.0167. The van der Waals surface area contributed by atoms with Crippen LogP contribution in [0.1, 0.15) is 72.6 Å². The second-order valence-electron chi connectivity index (χ2n) is 12.1. The molecule has 1 saturated heterocycles. The summed E-state index contributed by atoms with van der Waals surface area (Å²) in [6.07, 6.45) is 12.3. The van der Waals surface area contributed by atoms with Gasteiger partial charge >= 0.3 is 0 Å². The predicted molar refractivity (Wildman–Crippen MR) is 157 cm³/mol. The summed E-state index contributed by atoms with van der Waals surface area (Å²) in [6, 6.07) is 10.2. The van der Waals surface area contributed by atoms with E-state index in [4.69, 9.17) is 4.74 Å². The van der Waals surface area contributed by atoms with Crippen molar-refractivity contribution in [1.29, 1.82) is 0 Å². The molecule has 9 heteroatoms. The number of halogens is 1. The van der Waals surface area contributed by atoms with Gasteiger partial charge in [-0.3, -0.25) is 19.7 Å². The number of Topliss-reactive ketones (excluding diaryl/α,β-unsaturated/α-hetero) is 1. The van der Waals surface area contributed by atoms with Crippen molar-refractivity contribution in [2.24, 2.45) is 11.3 Å². The highest BCUT2D eigenvalue weighted by atomic mass is 19.1. The summed E-state index contributed by atoms with van der Waals surface area (Å²) in [7, 11) is 0. The number of carbonyl (C=O) groups is 2. The van der Waals surface area contributed by atoms with Crippen molar-refractivity contribution >= 4 is 23.6 Å². The van der Waals surface area contributed by atoms with E-state index < -0.39 is 5.92 Å². The van der Waals surface area contributed by atoms with Crippen LogP contribution in [0.4, 0.5) is 10.2 Å². The molecule has 0 bridgehead atoms. The fourth-order valence-electron chi connectivity index (χ4n) is 7.10. The third kappa shape index (κ3) is 5.06. The second kappa shape index (κ2) is 10.9. The molecule has 1 amide bonds. The summed E-state index contributed by atoms with van der Waals surface area (Å²) < 4.78 is 19.2. The molecule has 3 aromatic rings. The Labute approximate surface area is 243 Å². The topological polar surface area (TPSA) is 109 Å². The number of ether oxygens (including phenoxy) is 1. The standard InChI is InChI=1S/C33H34FN5O3/c34-23-5-3-4-21(14-23)22-6-7-24(35-18-22)8-9-25-28-26(15-33(16-27(28)40)11-1-2-12-33)37-31-29(25)30(38-39-31)32(41)36-17-20-10-13-42-19-20/h3-9,14,18,20,25H,1-2,10-13,15-17,19H2,(H,36,41)(H2,37,38,39)/b9-8+. The van der Waals surface area contributed by atoms with Crippen molar-refractivity contribution in [2.75, 3.05) is 25.1 Å². The number of hydrogen-bond acceptors (Lipinski definition) is 6. The SMILES string of the molecule is O=C1CC2(CCCC2)CC2=C1C(/C=C/c1ccc(-c3cccc(F)c3)cn1)c1c(n[nH]c1C(=O)NCC1CCOC1)N2. The average molecular weight is 568 g/mol. The molecule has 3 N–H and O–H groups in total. The van der Waals surface area contributed by atoms with Gasteiger partial charge in [0.25, 0.3) is 5.91 Å². The Morgan fingerprint density at radius 2 is 2.05 bits per heavy atom. The molecular weight excluding hydrogens is 533 g/mol. The zero-order valence-corrected chi connectivity index (χ0v) is 23.4. The van der Waals surface area contributed by atoms with Crippen LogP contribution in [0.25, 0.3) is 17.2 Å². The number of nitrogens with zero attached hydrogens (tertiary/aromatic N) is 2. The van der Waals surface area contributed by atoms with E-state index >= 15 is 0 Å². The molecule has 2 atom stereocenters. The maximum absolute atomic E-state index is 13.8. The van der Waals surface area contributed by atoms with Crippen LogP contribution in [0.3, 0.4) is 0 Å². The van der Waals surface area contributed by atoms with Crippen molar-refractivity contribution in [1.82, 2.24) is 20.5 Å². The molecule has 1 saturated carbocycles. The molecule has 1 spiro atoms. The van der Waals surface area contributed by atoms with Crippen molar-refractivity contribution < 1.29 is 18.7 Å². The molecule has 2 aliphatic carbocycles. The van der Waals surface area contributed by atoms with Gasteiger partial charge in [-0.15, -0.1) is 0 Å². The van der Waals surface area contributed by atoms with Gasteiger partial charge in [0, 0.05) is 60.0 Å². The Morgan fingerprint density at radius 1 is 1.17 bits per heavy atom. The molecule has 2 aliphatic heterocycles. The summed E-state index contributed by atoms with van der Waals surface area (Å²) >= 11 is 0. The number of fused-ring (bicyclic) bond motifs is 1. The molecule has 2 aromatic heterocycles. The van der Waals surface area contributed by atoms with Crippen molar-refractivity contribution in [3.8, 4) is 11.1 Å². The number of pyridine rings is 1. The summed E-state index contributed by atoms with van der Waals surface area (Å²) in [4.78, 5) is 31.8. The first-order valence-electron chi connectivity index (χ1n) is 14.9. The number of H-pyrrole nitrogens is 1. The number of allylic oxidation sites excluding steroid dienone is 3. The summed E-state index contributed by atoms with van der Waals surface area (Å²) in [5, 5.41) is 13.9. The number of amides is 1. The summed E-state index contributed by atoms with van der Waals surface area (Å²) in [5.74, 6) is 0.0376. The van der Waals surface area contributed by atoms with Crippen LogP contribution in [0, 0.1) is 17.2 Å². The van der Waals surface area contributed by atoms with Gasteiger partial charge < -0.3 is 15.4 Å². The van der Waals surface area contributed by atoms with Gasteiger partial charge in [-0.2, -0.15) is 5.10 Å². The number of rotatable bonds is 6. The van der Waals surface area contributed by atoms with Gasteiger partial charge in [0.2, 0.25) is 0 Å². The normalized spacial score (nSPS) is 22.8. The Kier molecular flexibility index (Phi) is 6.98. The Morgan fingerprint density at radius 3 is 2.81 bits per heavy atom. The number of hydrogen-bond donors (Lipinski definition) is 3. The van der Waals surface area contributed by atoms with Gasteiger partial charge in [-0.25, -0.2) is 4.39 Å². The highest BCUT2D eigenvalue weighted by molar-refractivity contribution is 6.03. The molecule has 1 aromatic carbocycles. The van der Waals surface area contributed by atoms with Gasteiger partial charge in [0.15, 0.2) is 11.6 Å². The first-order valence-corrected chi connectivity index (χ1v) is 14.9. The maximum Gasteiger partial charge on any atom is 0.269 e. The number of nitrogens with one attached hydrogen (secondary N) is 3. The fourth-order valence-corrected chi connectivity index (χ4v) is 7.10. The molecular formula is C33H34FN5O3. The lowest BCUT2D eigenvalue weighted by Gasteiger charge is -2.39. The quantitative estimate of drug-likeness (QED) is 0.349. The number of aromatic amines is 1. The molecule has 4 aliphatic rings. The van der Waals surface area contributed by atoms with Crippen LogP contribution in [0.15, 0.2) is 59.9 Å². The van der Waals surface area contributed by atoms with Crippen molar-refractivity contribution in [3.05, 3.63) is 82.7 Å². The van der Waals surface area contributed by atoms with Gasteiger partial charge in [0.1, 0.15) is 11.5 Å². The average Bonchev–Trinajstić information content (AvgIpc) is 3.76. The van der Waals surface area contributed by atoms with Crippen LogP contribution in [0.5, 0.6) is 0 Å². The fraction of sp³-hybridized carbons (Fsp3) is 0.394. The highest BCUT2D eigenvalue weighted by Gasteiger charge is 2.46. The first-order chi connectivity index (χ1) is 20.5. The molecule has 7 rings (SSSR count). The van der Waals surface area contributed by atoms with Gasteiger partial charge in [-0.1, -0.05) is 37.1 Å². The zero-order chi connectivity index (χ0) is 28.7. The number of carbonyl (C=O) groups excluding carboxylic acids is 2. The number of anilines is 1. The first kappa shape index (κ1) is 26.8. The molecule has 0 radical (unpaired) electrons. The minimum Gasteiger partial charge on any atom is -0.381 e. The second-order valence-corrected chi connectivity index (χ2v) is 12.1. The summed E-state index contributed by atoms with van der Waals surface area (Å²) in [5.41, 5.74) is 4.96. The molecule has 216 valence electrons. The molecule has 4 heterocycles. The number of ketones is 1. The maximum atomic E-state index is 13.8. The highest BCUT2D eigenvalue weighted by Crippen LogP contribution is 2.53. The van der Waals surface area contributed by atoms with E-state index in [-0.39, 0.29) is 22.9 Å². The minimum atomic E-state index is -0.443. The van der Waals surface area contributed by atoms with E-state index in [9.17, 15) is 14.0 Å². The van der Waals surface area contributed by atoms with Crippen molar-refractivity contribution in [2.45, 2.75) is 50.9 Å².